The molecule has 0 saturated heterocycles. The molecule has 1 atom stereocenters. The van der Waals surface area contributed by atoms with E-state index in [0.717, 1.165) is 12.8 Å². The minimum atomic E-state index is -0.492. The van der Waals surface area contributed by atoms with Crippen LogP contribution in [0.1, 0.15) is 56.3 Å². The molecule has 0 aliphatic heterocycles. The van der Waals surface area contributed by atoms with Crippen molar-refractivity contribution in [1.29, 1.82) is 0 Å². The van der Waals surface area contributed by atoms with Crippen LogP contribution in [0.3, 0.4) is 0 Å². The first-order valence-electron chi connectivity index (χ1n) is 8.97. The van der Waals surface area contributed by atoms with Gasteiger partial charge in [0.2, 0.25) is 17.6 Å². The first-order valence-corrected chi connectivity index (χ1v) is 8.97. The predicted octanol–water partition coefficient (Wildman–Crippen LogP) is 1.91. The molecule has 0 radical (unpaired) electrons. The first kappa shape index (κ1) is 19.6. The molecule has 0 bridgehead atoms. The molecule has 0 unspecified atom stereocenters. The Hall–Kier alpha value is -2.77. The fraction of sp³-hybridized carbons (Fsp3) is 0.500. The second-order valence-corrected chi connectivity index (χ2v) is 6.40. The number of rotatable bonds is 10. The van der Waals surface area contributed by atoms with Gasteiger partial charge in [0.05, 0.1) is 0 Å². The largest absolute Gasteiger partial charge is 0.366 e. The van der Waals surface area contributed by atoms with Crippen LogP contribution < -0.4 is 11.1 Å². The number of unbranched alkanes of at least 4 members (excludes halogenated alkanes) is 3. The molecule has 2 amide bonds. The summed E-state index contributed by atoms with van der Waals surface area (Å²) >= 11 is 0. The van der Waals surface area contributed by atoms with Gasteiger partial charge in [-0.1, -0.05) is 44.7 Å². The van der Waals surface area contributed by atoms with E-state index in [9.17, 15) is 9.59 Å². The number of carbonyl (C=O) groups excluding carboxylic acids is 2. The topological polar surface area (TPSA) is 116 Å². The Kier molecular flexibility index (Phi) is 7.25. The Morgan fingerprint density at radius 1 is 1.19 bits per heavy atom. The Morgan fingerprint density at radius 2 is 1.92 bits per heavy atom. The molecular formula is C18H26N6O2. The molecule has 0 aliphatic rings. The van der Waals surface area contributed by atoms with E-state index in [1.54, 1.807) is 24.3 Å². The molecule has 1 aromatic heterocycles. The van der Waals surface area contributed by atoms with Gasteiger partial charge in [0.1, 0.15) is 6.54 Å². The van der Waals surface area contributed by atoms with E-state index in [-0.39, 0.29) is 18.5 Å². The lowest BCUT2D eigenvalue weighted by molar-refractivity contribution is -0.122. The Bertz CT molecular complexity index is 726. The standard InChI is InChI=1S/C18H26N6O2/c1-3-4-5-6-7-13(2)20-16(25)12-24-22-18(21-23-24)15-10-8-14(9-11-15)17(19)26/h8-11,13H,3-7,12H2,1-2H3,(H2,19,26)(H,20,25)/t13-/m1/s1. The van der Waals surface area contributed by atoms with Crippen molar-refractivity contribution >= 4 is 11.8 Å². The fourth-order valence-corrected chi connectivity index (χ4v) is 2.61. The molecule has 0 aliphatic carbocycles. The van der Waals surface area contributed by atoms with Crippen molar-refractivity contribution in [1.82, 2.24) is 25.5 Å². The summed E-state index contributed by atoms with van der Waals surface area (Å²) in [5, 5.41) is 15.0. The average Bonchev–Trinajstić information content (AvgIpc) is 3.07. The number of aromatic nitrogens is 4. The summed E-state index contributed by atoms with van der Waals surface area (Å²) in [6.45, 7) is 4.20. The molecule has 1 heterocycles. The van der Waals surface area contributed by atoms with Gasteiger partial charge in [-0.2, -0.15) is 4.80 Å². The third-order valence-corrected chi connectivity index (χ3v) is 4.06. The first-order chi connectivity index (χ1) is 12.5. The predicted molar refractivity (Wildman–Crippen MR) is 98.1 cm³/mol. The van der Waals surface area contributed by atoms with Crippen molar-refractivity contribution in [2.75, 3.05) is 0 Å². The van der Waals surface area contributed by atoms with Crippen LogP contribution in [-0.4, -0.2) is 38.1 Å². The number of nitrogens with two attached hydrogens (primary N) is 1. The van der Waals surface area contributed by atoms with E-state index < -0.39 is 5.91 Å². The van der Waals surface area contributed by atoms with Crippen LogP contribution in [0, 0.1) is 0 Å². The Balaban J connectivity index is 1.85. The molecule has 26 heavy (non-hydrogen) atoms. The monoisotopic (exact) mass is 358 g/mol. The van der Waals surface area contributed by atoms with Crippen molar-refractivity contribution in [2.24, 2.45) is 5.73 Å². The van der Waals surface area contributed by atoms with E-state index in [1.165, 1.54) is 24.1 Å². The van der Waals surface area contributed by atoms with Crippen LogP contribution in [-0.2, 0) is 11.3 Å². The zero-order valence-corrected chi connectivity index (χ0v) is 15.3. The maximum Gasteiger partial charge on any atom is 0.248 e. The van der Waals surface area contributed by atoms with Gasteiger partial charge >= 0.3 is 0 Å². The SMILES string of the molecule is CCCCCC[C@@H](C)NC(=O)Cn1nnc(-c2ccc(C(N)=O)cc2)n1. The minimum absolute atomic E-state index is 0.0195. The number of nitrogens with zero attached hydrogens (tertiary/aromatic N) is 4. The van der Waals surface area contributed by atoms with Crippen molar-refractivity contribution in [3.8, 4) is 11.4 Å². The van der Waals surface area contributed by atoms with E-state index in [2.05, 4.69) is 27.7 Å². The van der Waals surface area contributed by atoms with Crippen LogP contribution in [0.2, 0.25) is 0 Å². The smallest absolute Gasteiger partial charge is 0.248 e. The second-order valence-electron chi connectivity index (χ2n) is 6.40. The van der Waals surface area contributed by atoms with Gasteiger partial charge in [0.15, 0.2) is 0 Å². The average molecular weight is 358 g/mol. The molecule has 2 aromatic rings. The Labute approximate surface area is 153 Å². The van der Waals surface area contributed by atoms with Crippen LogP contribution in [0.25, 0.3) is 11.4 Å². The molecule has 8 heteroatoms. The normalized spacial score (nSPS) is 11.9. The van der Waals surface area contributed by atoms with Crippen molar-refractivity contribution in [2.45, 2.75) is 58.5 Å². The fourth-order valence-electron chi connectivity index (χ4n) is 2.61. The summed E-state index contributed by atoms with van der Waals surface area (Å²) in [6, 6.07) is 6.72. The molecule has 0 fully saturated rings. The summed E-state index contributed by atoms with van der Waals surface area (Å²) in [5.41, 5.74) is 6.33. The lowest BCUT2D eigenvalue weighted by Gasteiger charge is -2.13. The van der Waals surface area contributed by atoms with E-state index in [1.807, 2.05) is 6.92 Å². The maximum atomic E-state index is 12.1. The van der Waals surface area contributed by atoms with Gasteiger partial charge in [0, 0.05) is 17.2 Å². The molecule has 2 rings (SSSR count). The van der Waals surface area contributed by atoms with E-state index in [0.29, 0.717) is 17.0 Å². The highest BCUT2D eigenvalue weighted by molar-refractivity contribution is 5.93. The second kappa shape index (κ2) is 9.65. The highest BCUT2D eigenvalue weighted by Crippen LogP contribution is 2.14. The number of nitrogens with one attached hydrogen (secondary N) is 1. The minimum Gasteiger partial charge on any atom is -0.366 e. The quantitative estimate of drug-likeness (QED) is 0.629. The van der Waals surface area contributed by atoms with Crippen molar-refractivity contribution < 1.29 is 9.59 Å². The zero-order chi connectivity index (χ0) is 18.9. The van der Waals surface area contributed by atoms with Gasteiger partial charge < -0.3 is 11.1 Å². The van der Waals surface area contributed by atoms with Gasteiger partial charge in [-0.25, -0.2) is 0 Å². The molecule has 1 aromatic carbocycles. The third-order valence-electron chi connectivity index (χ3n) is 4.06. The van der Waals surface area contributed by atoms with Gasteiger partial charge in [-0.15, -0.1) is 10.2 Å². The van der Waals surface area contributed by atoms with E-state index >= 15 is 0 Å². The highest BCUT2D eigenvalue weighted by atomic mass is 16.2. The molecule has 140 valence electrons. The third kappa shape index (κ3) is 5.94. The molecule has 8 nitrogen and oxygen atoms in total. The molecular weight excluding hydrogens is 332 g/mol. The molecule has 3 N–H and O–H groups in total. The lowest BCUT2D eigenvalue weighted by Crippen LogP contribution is -2.35. The van der Waals surface area contributed by atoms with Gasteiger partial charge in [0.25, 0.3) is 0 Å². The number of carbonyl (C=O) groups is 2. The van der Waals surface area contributed by atoms with Gasteiger partial charge in [-0.3, -0.25) is 9.59 Å². The maximum absolute atomic E-state index is 12.1. The van der Waals surface area contributed by atoms with E-state index in [4.69, 9.17) is 5.73 Å². The molecule has 0 saturated carbocycles. The number of amides is 2. The summed E-state index contributed by atoms with van der Waals surface area (Å²) in [6.07, 6.45) is 5.70. The summed E-state index contributed by atoms with van der Waals surface area (Å²) in [5.74, 6) is -0.240. The van der Waals surface area contributed by atoms with Gasteiger partial charge in [-0.05, 0) is 30.7 Å². The van der Waals surface area contributed by atoms with Crippen LogP contribution in [0.15, 0.2) is 24.3 Å². The lowest BCUT2D eigenvalue weighted by atomic mass is 10.1. The zero-order valence-electron chi connectivity index (χ0n) is 15.3. The van der Waals surface area contributed by atoms with Crippen LogP contribution in [0.4, 0.5) is 0 Å². The number of hydrogen-bond donors (Lipinski definition) is 2. The number of primary amides is 1. The number of benzene rings is 1. The summed E-state index contributed by atoms with van der Waals surface area (Å²) in [4.78, 5) is 24.4. The van der Waals surface area contributed by atoms with Crippen molar-refractivity contribution in [3.63, 3.8) is 0 Å². The van der Waals surface area contributed by atoms with Crippen LogP contribution >= 0.6 is 0 Å². The summed E-state index contributed by atoms with van der Waals surface area (Å²) in [7, 11) is 0. The van der Waals surface area contributed by atoms with Crippen molar-refractivity contribution in [3.05, 3.63) is 29.8 Å². The van der Waals surface area contributed by atoms with Crippen LogP contribution in [0.5, 0.6) is 0 Å². The number of hydrogen-bond acceptors (Lipinski definition) is 5. The molecule has 0 spiro atoms. The Morgan fingerprint density at radius 3 is 2.58 bits per heavy atom. The number of tetrazole rings is 1. The summed E-state index contributed by atoms with van der Waals surface area (Å²) < 4.78 is 0. The highest BCUT2D eigenvalue weighted by Gasteiger charge is 2.12.